The summed E-state index contributed by atoms with van der Waals surface area (Å²) in [6, 6.07) is 11.9. The van der Waals surface area contributed by atoms with Crippen LogP contribution >= 0.6 is 0 Å². The summed E-state index contributed by atoms with van der Waals surface area (Å²) in [4.78, 5) is 13.2. The van der Waals surface area contributed by atoms with Crippen LogP contribution in [0.4, 0.5) is 0 Å². The van der Waals surface area contributed by atoms with Gasteiger partial charge in [0.15, 0.2) is 12.0 Å². The molecule has 2 aliphatic rings. The van der Waals surface area contributed by atoms with E-state index in [4.69, 9.17) is 18.9 Å². The predicted octanol–water partition coefficient (Wildman–Crippen LogP) is 4.17. The molecule has 0 amide bonds. The SMILES string of the molecule is Cc1ncnc2c1ccn2[C@@H]1O[C@H](C(C)Oc2ccc3cccnc3c2)[C@H]2OC(C)(C)O[C@H]21. The van der Waals surface area contributed by atoms with Gasteiger partial charge in [-0.3, -0.25) is 4.98 Å². The molecule has 1 unspecified atom stereocenters. The number of hydrogen-bond acceptors (Lipinski definition) is 7. The lowest BCUT2D eigenvalue weighted by Crippen LogP contribution is -2.40. The normalized spacial score (nSPS) is 27.2. The lowest BCUT2D eigenvalue weighted by atomic mass is 10.1. The molecule has 8 nitrogen and oxygen atoms in total. The maximum atomic E-state index is 6.55. The summed E-state index contributed by atoms with van der Waals surface area (Å²) in [7, 11) is 0. The number of aryl methyl sites for hydroxylation is 1. The van der Waals surface area contributed by atoms with Crippen molar-refractivity contribution in [1.82, 2.24) is 19.5 Å². The van der Waals surface area contributed by atoms with E-state index in [-0.39, 0.29) is 24.4 Å². The van der Waals surface area contributed by atoms with Crippen LogP contribution in [0.2, 0.25) is 0 Å². The molecule has 6 rings (SSSR count). The van der Waals surface area contributed by atoms with Crippen LogP contribution in [0.15, 0.2) is 55.1 Å². The molecule has 2 fully saturated rings. The van der Waals surface area contributed by atoms with E-state index in [0.29, 0.717) is 0 Å². The lowest BCUT2D eigenvalue weighted by molar-refractivity contribution is -0.204. The van der Waals surface area contributed by atoms with Gasteiger partial charge in [-0.2, -0.15) is 0 Å². The molecule has 8 heteroatoms. The summed E-state index contributed by atoms with van der Waals surface area (Å²) in [6.45, 7) is 7.84. The monoisotopic (exact) mass is 446 g/mol. The molecule has 0 saturated carbocycles. The van der Waals surface area contributed by atoms with E-state index in [1.54, 1.807) is 12.5 Å². The summed E-state index contributed by atoms with van der Waals surface area (Å²) in [6.07, 6.45) is 3.76. The first-order valence-electron chi connectivity index (χ1n) is 11.2. The van der Waals surface area contributed by atoms with E-state index in [9.17, 15) is 0 Å². The van der Waals surface area contributed by atoms with Crippen molar-refractivity contribution in [3.8, 4) is 5.75 Å². The Morgan fingerprint density at radius 1 is 1.06 bits per heavy atom. The molecule has 1 aromatic carbocycles. The van der Waals surface area contributed by atoms with Gasteiger partial charge in [0.25, 0.3) is 0 Å². The van der Waals surface area contributed by atoms with Crippen LogP contribution < -0.4 is 4.74 Å². The van der Waals surface area contributed by atoms with Crippen LogP contribution in [0.5, 0.6) is 5.75 Å². The van der Waals surface area contributed by atoms with E-state index >= 15 is 0 Å². The molecular weight excluding hydrogens is 420 g/mol. The Balaban J connectivity index is 1.31. The minimum absolute atomic E-state index is 0.278. The summed E-state index contributed by atoms with van der Waals surface area (Å²) in [5.41, 5.74) is 2.63. The molecule has 5 atom stereocenters. The number of ether oxygens (including phenoxy) is 4. The number of rotatable bonds is 4. The topological polar surface area (TPSA) is 80.5 Å². The zero-order valence-corrected chi connectivity index (χ0v) is 19.0. The van der Waals surface area contributed by atoms with Crippen LogP contribution in [-0.4, -0.2) is 49.7 Å². The van der Waals surface area contributed by atoms with E-state index in [2.05, 4.69) is 15.0 Å². The zero-order chi connectivity index (χ0) is 22.7. The fourth-order valence-electron chi connectivity index (χ4n) is 4.91. The molecule has 0 bridgehead atoms. The molecule has 5 heterocycles. The maximum Gasteiger partial charge on any atom is 0.165 e. The van der Waals surface area contributed by atoms with E-state index in [0.717, 1.165) is 33.4 Å². The predicted molar refractivity (Wildman–Crippen MR) is 122 cm³/mol. The fourth-order valence-corrected chi connectivity index (χ4v) is 4.91. The number of fused-ring (bicyclic) bond motifs is 3. The van der Waals surface area contributed by atoms with E-state index in [1.165, 1.54) is 0 Å². The molecule has 170 valence electrons. The maximum absolute atomic E-state index is 6.55. The third-order valence-corrected chi connectivity index (χ3v) is 6.41. The minimum atomic E-state index is -0.712. The van der Waals surface area contributed by atoms with Crippen molar-refractivity contribution < 1.29 is 18.9 Å². The number of nitrogens with zero attached hydrogens (tertiary/aromatic N) is 4. The molecule has 0 spiro atoms. The van der Waals surface area contributed by atoms with Crippen molar-refractivity contribution in [2.45, 2.75) is 64.1 Å². The van der Waals surface area contributed by atoms with Gasteiger partial charge < -0.3 is 23.5 Å². The number of hydrogen-bond donors (Lipinski definition) is 0. The van der Waals surface area contributed by atoms with Gasteiger partial charge in [0.1, 0.15) is 42.1 Å². The van der Waals surface area contributed by atoms with Gasteiger partial charge >= 0.3 is 0 Å². The molecular formula is C25H26N4O4. The third-order valence-electron chi connectivity index (χ3n) is 6.41. The summed E-state index contributed by atoms with van der Waals surface area (Å²) in [5.74, 6) is 0.0287. The van der Waals surface area contributed by atoms with Crippen molar-refractivity contribution >= 4 is 21.9 Å². The van der Waals surface area contributed by atoms with Gasteiger partial charge in [-0.05, 0) is 52.0 Å². The average Bonchev–Trinajstić information content (AvgIpc) is 3.45. The molecule has 2 saturated heterocycles. The van der Waals surface area contributed by atoms with Crippen LogP contribution in [0.25, 0.3) is 21.9 Å². The second kappa shape index (κ2) is 7.48. The molecule has 0 radical (unpaired) electrons. The van der Waals surface area contributed by atoms with Gasteiger partial charge in [0, 0.05) is 29.2 Å². The molecule has 4 aromatic rings. The van der Waals surface area contributed by atoms with Gasteiger partial charge in [0.2, 0.25) is 0 Å². The first-order valence-corrected chi connectivity index (χ1v) is 11.2. The summed E-state index contributed by atoms with van der Waals surface area (Å²) < 4.78 is 27.5. The van der Waals surface area contributed by atoms with Crippen LogP contribution in [0.1, 0.15) is 32.7 Å². The Morgan fingerprint density at radius 3 is 2.79 bits per heavy atom. The highest BCUT2D eigenvalue weighted by atomic mass is 16.8. The van der Waals surface area contributed by atoms with Crippen LogP contribution in [-0.2, 0) is 14.2 Å². The van der Waals surface area contributed by atoms with E-state index < -0.39 is 12.0 Å². The van der Waals surface area contributed by atoms with Crippen molar-refractivity contribution in [3.63, 3.8) is 0 Å². The molecule has 0 N–H and O–H groups in total. The quantitative estimate of drug-likeness (QED) is 0.465. The Bertz CT molecular complexity index is 1340. The second-order valence-electron chi connectivity index (χ2n) is 9.16. The Labute approximate surface area is 191 Å². The largest absolute Gasteiger partial charge is 0.488 e. The molecule has 3 aromatic heterocycles. The summed E-state index contributed by atoms with van der Waals surface area (Å²) in [5, 5.41) is 2.06. The fraction of sp³-hybridized carbons (Fsp3) is 0.400. The Kier molecular flexibility index (Phi) is 4.65. The highest BCUT2D eigenvalue weighted by molar-refractivity contribution is 5.79. The van der Waals surface area contributed by atoms with Crippen LogP contribution in [0, 0.1) is 6.92 Å². The first-order chi connectivity index (χ1) is 15.9. The van der Waals surface area contributed by atoms with E-state index in [1.807, 2.05) is 74.9 Å². The van der Waals surface area contributed by atoms with Gasteiger partial charge in [0.05, 0.1) is 11.2 Å². The highest BCUT2D eigenvalue weighted by Gasteiger charge is 2.57. The first kappa shape index (κ1) is 20.5. The molecule has 2 aliphatic heterocycles. The standard InChI is InChI=1S/C25H26N4O4/c1-14-18-9-11-29(23(18)28-13-27-14)24-22-21(32-25(3,4)33-22)20(31-24)15(2)30-17-8-7-16-6-5-10-26-19(16)12-17/h5-13,15,20-22,24H,1-4H3/t15?,20-,21-,22-,24-/m1/s1. The van der Waals surface area contributed by atoms with Crippen molar-refractivity contribution in [3.05, 3.63) is 60.8 Å². The van der Waals surface area contributed by atoms with Crippen molar-refractivity contribution in [1.29, 1.82) is 0 Å². The Morgan fingerprint density at radius 2 is 1.91 bits per heavy atom. The second-order valence-corrected chi connectivity index (χ2v) is 9.16. The van der Waals surface area contributed by atoms with Gasteiger partial charge in [-0.15, -0.1) is 0 Å². The Hall–Kier alpha value is -3.07. The molecule has 0 aliphatic carbocycles. The third kappa shape index (κ3) is 3.45. The minimum Gasteiger partial charge on any atom is -0.488 e. The van der Waals surface area contributed by atoms with Gasteiger partial charge in [-0.25, -0.2) is 9.97 Å². The summed E-state index contributed by atoms with van der Waals surface area (Å²) >= 11 is 0. The van der Waals surface area contributed by atoms with Crippen molar-refractivity contribution in [2.75, 3.05) is 0 Å². The lowest BCUT2D eigenvalue weighted by Gasteiger charge is -2.28. The zero-order valence-electron chi connectivity index (χ0n) is 19.0. The average molecular weight is 447 g/mol. The number of pyridine rings is 1. The van der Waals surface area contributed by atoms with Gasteiger partial charge in [-0.1, -0.05) is 6.07 Å². The number of aromatic nitrogens is 4. The number of benzene rings is 1. The molecule has 33 heavy (non-hydrogen) atoms. The highest BCUT2D eigenvalue weighted by Crippen LogP contribution is 2.45. The smallest absolute Gasteiger partial charge is 0.165 e. The van der Waals surface area contributed by atoms with Crippen LogP contribution in [0.3, 0.4) is 0 Å². The van der Waals surface area contributed by atoms with Crippen molar-refractivity contribution in [2.24, 2.45) is 0 Å².